The maximum Gasteiger partial charge on any atom is 0.345 e. The first-order valence-electron chi connectivity index (χ1n) is 6.05. The number of hydrogen-bond donors (Lipinski definition) is 2. The van der Waals surface area contributed by atoms with E-state index in [0.29, 0.717) is 6.42 Å². The molecule has 0 aliphatic heterocycles. The molecular weight excluding hydrogens is 302 g/mol. The van der Waals surface area contributed by atoms with E-state index in [1.807, 2.05) is 13.8 Å². The Hall–Kier alpha value is -0.960. The third-order valence-electron chi connectivity index (χ3n) is 3.86. The molecule has 1 aliphatic carbocycles. The third-order valence-corrected chi connectivity index (χ3v) is 6.37. The highest BCUT2D eigenvalue weighted by atomic mass is 32.2. The Labute approximate surface area is 121 Å². The summed E-state index contributed by atoms with van der Waals surface area (Å²) in [6.45, 7) is 3.88. The molecule has 2 atom stereocenters. The maximum atomic E-state index is 12.2. The molecule has 1 aliphatic rings. The molecule has 1 aromatic rings. The second-order valence-corrected chi connectivity index (χ2v) is 8.03. The Bertz CT molecular complexity index is 620. The van der Waals surface area contributed by atoms with Crippen LogP contribution in [0.2, 0.25) is 0 Å². The lowest BCUT2D eigenvalue weighted by atomic mass is 9.65. The molecule has 0 bridgehead atoms. The van der Waals surface area contributed by atoms with E-state index in [0.717, 1.165) is 11.3 Å². The first kappa shape index (κ1) is 15.4. The van der Waals surface area contributed by atoms with Crippen LogP contribution >= 0.6 is 11.3 Å². The van der Waals surface area contributed by atoms with Gasteiger partial charge in [-0.2, -0.15) is 0 Å². The van der Waals surface area contributed by atoms with Gasteiger partial charge in [-0.05, 0) is 12.5 Å². The summed E-state index contributed by atoms with van der Waals surface area (Å²) in [7, 11) is -2.09. The number of methoxy groups -OCH3 is 1. The summed E-state index contributed by atoms with van der Waals surface area (Å²) >= 11 is 0.899. The van der Waals surface area contributed by atoms with E-state index < -0.39 is 16.0 Å². The molecule has 112 valence electrons. The number of hydrogen-bond acceptors (Lipinski definition) is 5. The van der Waals surface area contributed by atoms with Crippen molar-refractivity contribution >= 4 is 27.3 Å². The summed E-state index contributed by atoms with van der Waals surface area (Å²) in [6, 6.07) is 0.958. The minimum atomic E-state index is -3.69. The molecule has 0 amide bonds. The van der Waals surface area contributed by atoms with Gasteiger partial charge in [-0.15, -0.1) is 11.3 Å². The minimum absolute atomic E-state index is 0.00318. The molecule has 1 saturated carbocycles. The molecule has 0 radical (unpaired) electrons. The van der Waals surface area contributed by atoms with Crippen LogP contribution in [0, 0.1) is 5.41 Å². The second kappa shape index (κ2) is 5.10. The van der Waals surface area contributed by atoms with Crippen molar-refractivity contribution in [2.24, 2.45) is 5.41 Å². The van der Waals surface area contributed by atoms with E-state index in [2.05, 4.69) is 4.72 Å². The SMILES string of the molecule is COC1CC(NS(=O)(=O)c2csc(C(=O)O)c2)C1(C)C. The number of carboxylic acid groups (broad SMARTS) is 1. The average Bonchev–Trinajstić information content (AvgIpc) is 2.84. The Balaban J connectivity index is 2.14. The lowest BCUT2D eigenvalue weighted by Gasteiger charge is -2.50. The number of nitrogens with one attached hydrogen (secondary N) is 1. The van der Waals surface area contributed by atoms with Gasteiger partial charge in [0.1, 0.15) is 4.88 Å². The van der Waals surface area contributed by atoms with Gasteiger partial charge in [0.2, 0.25) is 10.0 Å². The highest BCUT2D eigenvalue weighted by Crippen LogP contribution is 2.43. The smallest absolute Gasteiger partial charge is 0.345 e. The summed E-state index contributed by atoms with van der Waals surface area (Å²) in [4.78, 5) is 10.8. The molecule has 2 rings (SSSR count). The molecule has 6 nitrogen and oxygen atoms in total. The summed E-state index contributed by atoms with van der Waals surface area (Å²) in [5.41, 5.74) is -0.284. The molecule has 2 unspecified atom stereocenters. The molecule has 0 spiro atoms. The predicted molar refractivity (Wildman–Crippen MR) is 74.6 cm³/mol. The largest absolute Gasteiger partial charge is 0.477 e. The van der Waals surface area contributed by atoms with Crippen LogP contribution in [-0.2, 0) is 14.8 Å². The third kappa shape index (κ3) is 2.60. The van der Waals surface area contributed by atoms with Crippen molar-refractivity contribution in [3.63, 3.8) is 0 Å². The molecule has 2 N–H and O–H groups in total. The number of sulfonamides is 1. The second-order valence-electron chi connectivity index (χ2n) is 5.41. The molecule has 8 heteroatoms. The molecule has 0 saturated heterocycles. The fraction of sp³-hybridized carbons (Fsp3) is 0.583. The molecule has 1 heterocycles. The quantitative estimate of drug-likeness (QED) is 0.859. The predicted octanol–water partition coefficient (Wildman–Crippen LogP) is 1.54. The van der Waals surface area contributed by atoms with Crippen molar-refractivity contribution < 1.29 is 23.1 Å². The van der Waals surface area contributed by atoms with E-state index in [-0.39, 0.29) is 27.3 Å². The van der Waals surface area contributed by atoms with Crippen LogP contribution in [0.15, 0.2) is 16.3 Å². The zero-order valence-electron chi connectivity index (χ0n) is 11.4. The van der Waals surface area contributed by atoms with Crippen LogP contribution < -0.4 is 4.72 Å². The van der Waals surface area contributed by atoms with Crippen LogP contribution in [0.1, 0.15) is 29.9 Å². The number of thiophene rings is 1. The van der Waals surface area contributed by atoms with Crippen molar-refractivity contribution in [1.29, 1.82) is 0 Å². The van der Waals surface area contributed by atoms with Gasteiger partial charge in [-0.1, -0.05) is 13.8 Å². The van der Waals surface area contributed by atoms with Crippen LogP contribution in [0.5, 0.6) is 0 Å². The average molecular weight is 319 g/mol. The van der Waals surface area contributed by atoms with Crippen molar-refractivity contribution in [3.05, 3.63) is 16.3 Å². The first-order chi connectivity index (χ1) is 9.18. The monoisotopic (exact) mass is 319 g/mol. The van der Waals surface area contributed by atoms with E-state index >= 15 is 0 Å². The van der Waals surface area contributed by atoms with Gasteiger partial charge < -0.3 is 9.84 Å². The minimum Gasteiger partial charge on any atom is -0.477 e. The van der Waals surface area contributed by atoms with Crippen molar-refractivity contribution in [2.45, 2.75) is 37.3 Å². The van der Waals surface area contributed by atoms with E-state index in [1.165, 1.54) is 11.4 Å². The normalized spacial score (nSPS) is 25.1. The Kier molecular flexibility index (Phi) is 3.94. The molecule has 1 fully saturated rings. The van der Waals surface area contributed by atoms with Gasteiger partial charge in [0.15, 0.2) is 0 Å². The zero-order chi connectivity index (χ0) is 15.1. The number of carbonyl (C=O) groups is 1. The Morgan fingerprint density at radius 2 is 2.20 bits per heavy atom. The van der Waals surface area contributed by atoms with Gasteiger partial charge >= 0.3 is 5.97 Å². The van der Waals surface area contributed by atoms with E-state index in [9.17, 15) is 13.2 Å². The molecule has 0 aromatic carbocycles. The van der Waals surface area contributed by atoms with Gasteiger partial charge in [0.05, 0.1) is 11.0 Å². The van der Waals surface area contributed by atoms with E-state index in [4.69, 9.17) is 9.84 Å². The van der Waals surface area contributed by atoms with Gasteiger partial charge in [0, 0.05) is 23.9 Å². The van der Waals surface area contributed by atoms with Crippen molar-refractivity contribution in [3.8, 4) is 0 Å². The fourth-order valence-corrected chi connectivity index (χ4v) is 4.83. The summed E-state index contributed by atoms with van der Waals surface area (Å²) < 4.78 is 32.3. The molecule has 1 aromatic heterocycles. The van der Waals surface area contributed by atoms with Crippen LogP contribution in [-0.4, -0.2) is 38.7 Å². The van der Waals surface area contributed by atoms with Crippen LogP contribution in [0.3, 0.4) is 0 Å². The van der Waals surface area contributed by atoms with Crippen LogP contribution in [0.25, 0.3) is 0 Å². The fourth-order valence-electron chi connectivity index (χ4n) is 2.31. The summed E-state index contributed by atoms with van der Waals surface area (Å²) in [6.07, 6.45) is 0.630. The van der Waals surface area contributed by atoms with Crippen molar-refractivity contribution in [2.75, 3.05) is 7.11 Å². The molecular formula is C12H17NO5S2. The van der Waals surface area contributed by atoms with Gasteiger partial charge in [0.25, 0.3) is 0 Å². The number of ether oxygens (including phenoxy) is 1. The first-order valence-corrected chi connectivity index (χ1v) is 8.41. The Morgan fingerprint density at radius 1 is 1.55 bits per heavy atom. The number of rotatable bonds is 5. The maximum absolute atomic E-state index is 12.2. The Morgan fingerprint density at radius 3 is 2.65 bits per heavy atom. The summed E-state index contributed by atoms with van der Waals surface area (Å²) in [5.74, 6) is -1.13. The number of carboxylic acids is 1. The highest BCUT2D eigenvalue weighted by Gasteiger charge is 2.50. The number of aromatic carboxylic acids is 1. The van der Waals surface area contributed by atoms with Gasteiger partial charge in [-0.3, -0.25) is 0 Å². The van der Waals surface area contributed by atoms with E-state index in [1.54, 1.807) is 7.11 Å². The molecule has 20 heavy (non-hydrogen) atoms. The van der Waals surface area contributed by atoms with Crippen molar-refractivity contribution in [1.82, 2.24) is 4.72 Å². The lowest BCUT2D eigenvalue weighted by Crippen LogP contribution is -2.61. The zero-order valence-corrected chi connectivity index (χ0v) is 13.0. The lowest BCUT2D eigenvalue weighted by molar-refractivity contribution is -0.0908. The highest BCUT2D eigenvalue weighted by molar-refractivity contribution is 7.89. The topological polar surface area (TPSA) is 92.7 Å². The standard InChI is InChI=1S/C12H17NO5S2/c1-12(2)9(5-10(12)18-3)13-20(16,17)7-4-8(11(14)15)19-6-7/h4,6,9-10,13H,5H2,1-3H3,(H,14,15). The van der Waals surface area contributed by atoms with Crippen LogP contribution in [0.4, 0.5) is 0 Å². The summed E-state index contributed by atoms with van der Waals surface area (Å²) in [5, 5.41) is 10.2. The van der Waals surface area contributed by atoms with Gasteiger partial charge in [-0.25, -0.2) is 17.9 Å².